The van der Waals surface area contributed by atoms with Gasteiger partial charge >= 0.3 is 6.09 Å². The minimum Gasteiger partial charge on any atom is -0.444 e. The number of alkyl carbamates (subject to hydrolysis) is 1. The quantitative estimate of drug-likeness (QED) is 0.384. The first-order valence-electron chi connectivity index (χ1n) is 11.2. The van der Waals surface area contributed by atoms with Crippen molar-refractivity contribution in [2.45, 2.75) is 71.2 Å². The Labute approximate surface area is 206 Å². The van der Waals surface area contributed by atoms with E-state index in [0.29, 0.717) is 11.1 Å². The molecule has 1 rings (SSSR count). The number of amides is 4. The van der Waals surface area contributed by atoms with Gasteiger partial charge in [-0.1, -0.05) is 18.1 Å². The second-order valence-corrected chi connectivity index (χ2v) is 10.0. The van der Waals surface area contributed by atoms with E-state index in [0.717, 1.165) is 4.90 Å². The summed E-state index contributed by atoms with van der Waals surface area (Å²) in [6.07, 6.45) is 3.96. The molecule has 0 aromatic heterocycles. The van der Waals surface area contributed by atoms with E-state index in [1.165, 1.54) is 0 Å². The van der Waals surface area contributed by atoms with Crippen LogP contribution in [0.3, 0.4) is 0 Å². The Bertz CT molecular complexity index is 954. The summed E-state index contributed by atoms with van der Waals surface area (Å²) in [6.45, 7) is 9.52. The van der Waals surface area contributed by atoms with Crippen LogP contribution in [0.15, 0.2) is 24.3 Å². The molecule has 10 nitrogen and oxygen atoms in total. The molecule has 0 fully saturated rings. The molecule has 0 saturated heterocycles. The third-order valence-corrected chi connectivity index (χ3v) is 4.47. The predicted octanol–water partition coefficient (Wildman–Crippen LogP) is 1.21. The number of aliphatic hydroxyl groups is 1. The van der Waals surface area contributed by atoms with E-state index in [1.54, 1.807) is 65.8 Å². The number of nitrogens with one attached hydrogen (secondary N) is 2. The molecule has 0 bridgehead atoms. The van der Waals surface area contributed by atoms with Crippen LogP contribution in [0.25, 0.3) is 0 Å². The van der Waals surface area contributed by atoms with Crippen LogP contribution >= 0.6 is 0 Å². The molecule has 0 heterocycles. The number of ether oxygens (including phenoxy) is 1. The third kappa shape index (κ3) is 10.1. The van der Waals surface area contributed by atoms with Crippen LogP contribution in [0.4, 0.5) is 4.79 Å². The molecule has 5 N–H and O–H groups in total. The van der Waals surface area contributed by atoms with Gasteiger partial charge in [0.1, 0.15) is 17.7 Å². The lowest BCUT2D eigenvalue weighted by Gasteiger charge is -2.35. The van der Waals surface area contributed by atoms with Gasteiger partial charge in [0, 0.05) is 17.6 Å². The zero-order chi connectivity index (χ0) is 27.0. The Kier molecular flexibility index (Phi) is 10.3. The highest BCUT2D eigenvalue weighted by Crippen LogP contribution is 2.24. The Morgan fingerprint density at radius 3 is 2.11 bits per heavy atom. The van der Waals surface area contributed by atoms with Crippen LogP contribution < -0.4 is 16.4 Å². The summed E-state index contributed by atoms with van der Waals surface area (Å²) >= 11 is 0. The van der Waals surface area contributed by atoms with Crippen molar-refractivity contribution in [1.29, 1.82) is 0 Å². The number of nitrogens with two attached hydrogens (primary N) is 1. The van der Waals surface area contributed by atoms with Gasteiger partial charge in [0.05, 0.1) is 13.0 Å². The monoisotopic (exact) mass is 488 g/mol. The molecule has 0 aliphatic rings. The van der Waals surface area contributed by atoms with E-state index < -0.39 is 60.1 Å². The van der Waals surface area contributed by atoms with E-state index in [1.807, 2.05) is 0 Å². The van der Waals surface area contributed by atoms with E-state index in [4.69, 9.17) is 16.9 Å². The smallest absolute Gasteiger partial charge is 0.408 e. The van der Waals surface area contributed by atoms with Crippen LogP contribution in [-0.4, -0.2) is 64.2 Å². The average molecular weight is 489 g/mol. The second kappa shape index (κ2) is 12.2. The van der Waals surface area contributed by atoms with Crippen LogP contribution in [0, 0.1) is 12.3 Å². The molecule has 1 aromatic rings. The van der Waals surface area contributed by atoms with Crippen molar-refractivity contribution in [2.75, 3.05) is 13.2 Å². The number of aliphatic hydroxyl groups excluding tert-OH is 1. The average Bonchev–Trinajstić information content (AvgIpc) is 2.69. The molecular formula is C25H36N4O6. The van der Waals surface area contributed by atoms with Gasteiger partial charge in [-0.05, 0) is 59.2 Å². The molecule has 1 aromatic carbocycles. The summed E-state index contributed by atoms with van der Waals surface area (Å²) in [4.78, 5) is 52.1. The maximum Gasteiger partial charge on any atom is 0.408 e. The molecule has 2 atom stereocenters. The molecule has 0 aliphatic heterocycles. The zero-order valence-corrected chi connectivity index (χ0v) is 21.2. The van der Waals surface area contributed by atoms with Crippen LogP contribution in [0.2, 0.25) is 0 Å². The minimum absolute atomic E-state index is 0.261. The summed E-state index contributed by atoms with van der Waals surface area (Å²) in [5.74, 6) is 0.316. The number of hydrogen-bond acceptors (Lipinski definition) is 6. The minimum atomic E-state index is -1.43. The lowest BCUT2D eigenvalue weighted by atomic mass is 9.99. The van der Waals surface area contributed by atoms with Gasteiger partial charge in [0.2, 0.25) is 17.7 Å². The molecule has 10 heteroatoms. The van der Waals surface area contributed by atoms with Crippen molar-refractivity contribution < 1.29 is 29.0 Å². The first-order valence-corrected chi connectivity index (χ1v) is 11.2. The number of rotatable bonds is 9. The summed E-state index contributed by atoms with van der Waals surface area (Å²) < 4.78 is 5.20. The van der Waals surface area contributed by atoms with Crippen molar-refractivity contribution >= 4 is 23.8 Å². The number of carbonyl (C=O) groups is 4. The van der Waals surface area contributed by atoms with Crippen molar-refractivity contribution in [2.24, 2.45) is 5.73 Å². The summed E-state index contributed by atoms with van der Waals surface area (Å²) in [6, 6.07) is 3.82. The van der Waals surface area contributed by atoms with Crippen molar-refractivity contribution in [3.63, 3.8) is 0 Å². The third-order valence-electron chi connectivity index (χ3n) is 4.47. The molecule has 35 heavy (non-hydrogen) atoms. The molecule has 192 valence electrons. The molecule has 4 amide bonds. The topological polar surface area (TPSA) is 151 Å². The van der Waals surface area contributed by atoms with Crippen LogP contribution in [0.5, 0.6) is 0 Å². The molecule has 0 radical (unpaired) electrons. The highest BCUT2D eigenvalue weighted by molar-refractivity contribution is 5.94. The normalized spacial score (nSPS) is 13.1. The number of terminal acetylenes is 1. The predicted molar refractivity (Wildman–Crippen MR) is 131 cm³/mol. The fourth-order valence-electron chi connectivity index (χ4n) is 3.20. The van der Waals surface area contributed by atoms with Gasteiger partial charge < -0.3 is 31.1 Å². The molecule has 0 saturated carbocycles. The maximum atomic E-state index is 13.6. The number of primary amides is 1. The number of benzene rings is 1. The highest BCUT2D eigenvalue weighted by atomic mass is 16.6. The number of hydrogen-bond donors (Lipinski definition) is 4. The van der Waals surface area contributed by atoms with Crippen molar-refractivity contribution in [3.8, 4) is 12.3 Å². The van der Waals surface area contributed by atoms with Crippen LogP contribution in [-0.2, 0) is 19.1 Å². The van der Waals surface area contributed by atoms with Crippen LogP contribution in [0.1, 0.15) is 65.1 Å². The van der Waals surface area contributed by atoms with E-state index >= 15 is 0 Å². The largest absolute Gasteiger partial charge is 0.444 e. The fraction of sp³-hybridized carbons (Fsp3) is 0.520. The van der Waals surface area contributed by atoms with Gasteiger partial charge in [0.15, 0.2) is 0 Å². The molecule has 2 unspecified atom stereocenters. The van der Waals surface area contributed by atoms with Gasteiger partial charge in [-0.2, -0.15) is 0 Å². The Morgan fingerprint density at radius 2 is 1.69 bits per heavy atom. The number of carbonyl (C=O) groups excluding carboxylic acids is 4. The molecular weight excluding hydrogens is 452 g/mol. The summed E-state index contributed by atoms with van der Waals surface area (Å²) in [7, 11) is 0. The van der Waals surface area contributed by atoms with Crippen molar-refractivity contribution in [1.82, 2.24) is 15.5 Å². The first kappa shape index (κ1) is 29.5. The fourth-order valence-corrected chi connectivity index (χ4v) is 3.20. The molecule has 0 spiro atoms. The first-order chi connectivity index (χ1) is 16.1. The highest BCUT2D eigenvalue weighted by Gasteiger charge is 2.37. The van der Waals surface area contributed by atoms with Crippen molar-refractivity contribution in [3.05, 3.63) is 35.4 Å². The zero-order valence-electron chi connectivity index (χ0n) is 21.2. The second-order valence-electron chi connectivity index (χ2n) is 10.0. The SMILES string of the molecule is C#Cc1ccc(C(C(=O)NC(C)(C)C)N(CCO)C(=O)C(CC(N)=O)NC(=O)OC(C)(C)C)cc1. The van der Waals surface area contributed by atoms with E-state index in [2.05, 4.69) is 16.6 Å². The van der Waals surface area contributed by atoms with Gasteiger partial charge in [-0.25, -0.2) is 4.79 Å². The van der Waals surface area contributed by atoms with Gasteiger partial charge in [-0.15, -0.1) is 6.42 Å². The summed E-state index contributed by atoms with van der Waals surface area (Å²) in [5.41, 5.74) is 4.82. The lowest BCUT2D eigenvalue weighted by molar-refractivity contribution is -0.144. The van der Waals surface area contributed by atoms with E-state index in [9.17, 15) is 24.3 Å². The standard InChI is InChI=1S/C25H36N4O6/c1-8-16-9-11-17(12-10-16)20(21(32)28-24(2,3)4)29(13-14-30)22(33)18(15-19(26)31)27-23(34)35-25(5,6)7/h1,9-12,18,20,30H,13-15H2,2-7H3,(H2,26,31)(H,27,34)(H,28,32). The Balaban J connectivity index is 3.49. The summed E-state index contributed by atoms with van der Waals surface area (Å²) in [5, 5.41) is 14.9. The Hall–Kier alpha value is -3.58. The maximum absolute atomic E-state index is 13.6. The molecule has 0 aliphatic carbocycles. The lowest BCUT2D eigenvalue weighted by Crippen LogP contribution is -2.56. The Morgan fingerprint density at radius 1 is 1.11 bits per heavy atom. The number of nitrogens with zero attached hydrogens (tertiary/aromatic N) is 1. The van der Waals surface area contributed by atoms with Gasteiger partial charge in [0.25, 0.3) is 0 Å². The van der Waals surface area contributed by atoms with Gasteiger partial charge in [-0.3, -0.25) is 14.4 Å². The van der Waals surface area contributed by atoms with E-state index in [-0.39, 0.29) is 6.54 Å².